The van der Waals surface area contributed by atoms with Crippen LogP contribution in [0.3, 0.4) is 0 Å². The van der Waals surface area contributed by atoms with Crippen LogP contribution in [0, 0.1) is 0 Å². The Morgan fingerprint density at radius 3 is 1.54 bits per heavy atom. The van der Waals surface area contributed by atoms with Crippen molar-refractivity contribution in [3.05, 3.63) is 231 Å². The van der Waals surface area contributed by atoms with Crippen molar-refractivity contribution in [2.45, 2.75) is 0 Å². The molecule has 0 fully saturated rings. The minimum absolute atomic E-state index is 0.0496. The van der Waals surface area contributed by atoms with Crippen molar-refractivity contribution >= 4 is 94.5 Å². The fourth-order valence-electron chi connectivity index (χ4n) is 12.7. The third-order valence-corrected chi connectivity index (χ3v) is 15.3. The standard InChI is InChI=1S/C64H38BN3/c1-5-17-39(18-6-1)41-31-32-55-51(33-41)52-34-43(40-19-7-2-8-20-40)36-53-63(52)67(55)57-37-46(66(44-22-9-3-10-23-44)45-24-11-4-12-25-45)38-58-62(57)65(53)54-35-42-21-15-28-49-47-26-13-14-27-48(47)50-29-16-30-56-60(50)61(59(42)49)64(54)68(56)58/h1-38H. The molecule has 0 spiro atoms. The monoisotopic (exact) mass is 859 g/mol. The maximum atomic E-state index is 2.66. The van der Waals surface area contributed by atoms with E-state index in [0.29, 0.717) is 0 Å². The molecule has 0 saturated heterocycles. The molecule has 0 saturated carbocycles. The Bertz CT molecular complexity index is 4260. The van der Waals surface area contributed by atoms with Crippen molar-refractivity contribution in [2.75, 3.05) is 4.90 Å². The second kappa shape index (κ2) is 13.4. The molecule has 4 heterocycles. The van der Waals surface area contributed by atoms with Crippen molar-refractivity contribution in [2.24, 2.45) is 0 Å². The summed E-state index contributed by atoms with van der Waals surface area (Å²) in [6.07, 6.45) is 0. The first-order valence-electron chi connectivity index (χ1n) is 23.7. The Morgan fingerprint density at radius 1 is 0.324 bits per heavy atom. The normalized spacial score (nSPS) is 12.7. The molecule has 2 aromatic heterocycles. The van der Waals surface area contributed by atoms with E-state index in [2.05, 4.69) is 245 Å². The number of hydrogen-bond donors (Lipinski definition) is 0. The van der Waals surface area contributed by atoms with Crippen LogP contribution >= 0.6 is 0 Å². The van der Waals surface area contributed by atoms with Crippen molar-refractivity contribution in [1.29, 1.82) is 0 Å². The molecule has 2 aliphatic heterocycles. The third kappa shape index (κ3) is 4.73. The number of benzene rings is 11. The summed E-state index contributed by atoms with van der Waals surface area (Å²) < 4.78 is 5.28. The molecule has 13 aromatic rings. The molecule has 0 bridgehead atoms. The molecular formula is C64H38BN3. The summed E-state index contributed by atoms with van der Waals surface area (Å²) in [7, 11) is 0. The third-order valence-electron chi connectivity index (χ3n) is 15.3. The number of aromatic nitrogens is 2. The van der Waals surface area contributed by atoms with E-state index in [1.165, 1.54) is 127 Å². The van der Waals surface area contributed by atoms with Gasteiger partial charge in [0, 0.05) is 49.8 Å². The summed E-state index contributed by atoms with van der Waals surface area (Å²) >= 11 is 0. The fourth-order valence-corrected chi connectivity index (χ4v) is 12.7. The van der Waals surface area contributed by atoms with Gasteiger partial charge in [-0.3, -0.25) is 0 Å². The minimum atomic E-state index is -0.0496. The second-order valence-electron chi connectivity index (χ2n) is 18.8. The average molecular weight is 860 g/mol. The highest BCUT2D eigenvalue weighted by Crippen LogP contribution is 2.51. The van der Waals surface area contributed by atoms with E-state index >= 15 is 0 Å². The molecule has 0 radical (unpaired) electrons. The number of nitrogens with zero attached hydrogens (tertiary/aromatic N) is 3. The van der Waals surface area contributed by atoms with Gasteiger partial charge in [0.15, 0.2) is 0 Å². The van der Waals surface area contributed by atoms with Crippen LogP contribution in [0.1, 0.15) is 0 Å². The number of fused-ring (bicyclic) bond motifs is 11. The number of anilines is 3. The largest absolute Gasteiger partial charge is 0.310 e. The van der Waals surface area contributed by atoms with Crippen molar-refractivity contribution in [3.63, 3.8) is 0 Å². The lowest BCUT2D eigenvalue weighted by molar-refractivity contribution is 1.13. The highest BCUT2D eigenvalue weighted by molar-refractivity contribution is 7.00. The number of rotatable bonds is 5. The Morgan fingerprint density at radius 2 is 0.868 bits per heavy atom. The van der Waals surface area contributed by atoms with E-state index < -0.39 is 0 Å². The van der Waals surface area contributed by atoms with Gasteiger partial charge in [0.2, 0.25) is 0 Å². The lowest BCUT2D eigenvalue weighted by Crippen LogP contribution is -2.59. The van der Waals surface area contributed by atoms with Crippen LogP contribution in [0.15, 0.2) is 231 Å². The Kier molecular flexibility index (Phi) is 7.15. The van der Waals surface area contributed by atoms with Crippen molar-refractivity contribution < 1.29 is 0 Å². The SMILES string of the molecule is c1ccc(-c2ccc3c(c2)c2cc(-c4ccccc4)cc4c2n3-c2cc(N(c3ccccc3)c3ccccc3)cc3c2B4c2cc4cccc5c4c4c6c(cccc6n-3c24)-c2ccccc2-5)cc1. The van der Waals surface area contributed by atoms with Gasteiger partial charge in [0.1, 0.15) is 0 Å². The van der Waals surface area contributed by atoms with Crippen LogP contribution in [0.25, 0.3) is 110 Å². The van der Waals surface area contributed by atoms with Crippen LogP contribution in [0.5, 0.6) is 0 Å². The van der Waals surface area contributed by atoms with Gasteiger partial charge in [-0.25, -0.2) is 0 Å². The van der Waals surface area contributed by atoms with E-state index in [9.17, 15) is 0 Å². The van der Waals surface area contributed by atoms with Gasteiger partial charge < -0.3 is 14.0 Å². The maximum Gasteiger partial charge on any atom is 0.252 e. The highest BCUT2D eigenvalue weighted by Gasteiger charge is 2.43. The maximum absolute atomic E-state index is 2.66. The molecule has 1 aliphatic carbocycles. The van der Waals surface area contributed by atoms with E-state index in [1.807, 2.05) is 0 Å². The Balaban J connectivity index is 1.12. The number of para-hydroxylation sites is 2. The van der Waals surface area contributed by atoms with Crippen LogP contribution < -0.4 is 21.3 Å². The van der Waals surface area contributed by atoms with Gasteiger partial charge >= 0.3 is 0 Å². The Labute approximate surface area is 393 Å². The second-order valence-corrected chi connectivity index (χ2v) is 18.8. The zero-order chi connectivity index (χ0) is 44.2. The summed E-state index contributed by atoms with van der Waals surface area (Å²) in [5, 5.41) is 7.83. The molecule has 3 aliphatic rings. The first-order chi connectivity index (χ1) is 33.8. The molecule has 11 aromatic carbocycles. The topological polar surface area (TPSA) is 13.1 Å². The molecule has 0 atom stereocenters. The zero-order valence-corrected chi connectivity index (χ0v) is 36.9. The molecular weight excluding hydrogens is 822 g/mol. The summed E-state index contributed by atoms with van der Waals surface area (Å²) in [5.41, 5.74) is 24.9. The fraction of sp³-hybridized carbons (Fsp3) is 0. The quantitative estimate of drug-likeness (QED) is 0.157. The minimum Gasteiger partial charge on any atom is -0.310 e. The van der Waals surface area contributed by atoms with Gasteiger partial charge in [0.05, 0.1) is 22.2 Å². The average Bonchev–Trinajstić information content (AvgIpc) is 3.89. The smallest absolute Gasteiger partial charge is 0.252 e. The summed E-state index contributed by atoms with van der Waals surface area (Å²) in [4.78, 5) is 2.44. The van der Waals surface area contributed by atoms with E-state index in [1.54, 1.807) is 0 Å². The first-order valence-corrected chi connectivity index (χ1v) is 23.7. The van der Waals surface area contributed by atoms with Crippen LogP contribution in [-0.2, 0) is 0 Å². The molecule has 3 nitrogen and oxygen atoms in total. The van der Waals surface area contributed by atoms with Crippen LogP contribution in [-0.4, -0.2) is 15.8 Å². The number of hydrogen-bond acceptors (Lipinski definition) is 1. The Hall–Kier alpha value is -8.86. The van der Waals surface area contributed by atoms with Gasteiger partial charge in [0.25, 0.3) is 6.71 Å². The molecule has 0 amide bonds. The van der Waals surface area contributed by atoms with Crippen molar-refractivity contribution in [3.8, 4) is 55.9 Å². The predicted molar refractivity (Wildman–Crippen MR) is 287 cm³/mol. The van der Waals surface area contributed by atoms with Crippen LogP contribution in [0.4, 0.5) is 17.1 Å². The molecule has 16 rings (SSSR count). The van der Waals surface area contributed by atoms with Gasteiger partial charge in [-0.2, -0.15) is 0 Å². The summed E-state index contributed by atoms with van der Waals surface area (Å²) in [6.45, 7) is -0.0496. The van der Waals surface area contributed by atoms with Crippen LogP contribution in [0.2, 0.25) is 0 Å². The van der Waals surface area contributed by atoms with E-state index in [4.69, 9.17) is 0 Å². The van der Waals surface area contributed by atoms with Gasteiger partial charge in [-0.1, -0.05) is 170 Å². The molecule has 312 valence electrons. The van der Waals surface area contributed by atoms with Crippen molar-refractivity contribution in [1.82, 2.24) is 9.13 Å². The lowest BCUT2D eigenvalue weighted by Gasteiger charge is -2.36. The molecule has 0 N–H and O–H groups in total. The highest BCUT2D eigenvalue weighted by atomic mass is 15.2. The van der Waals surface area contributed by atoms with Gasteiger partial charge in [-0.15, -0.1) is 0 Å². The molecule has 4 heteroatoms. The molecule has 0 unspecified atom stereocenters. The summed E-state index contributed by atoms with van der Waals surface area (Å²) in [5.74, 6) is 0. The van der Waals surface area contributed by atoms with E-state index in [-0.39, 0.29) is 6.71 Å². The molecule has 68 heavy (non-hydrogen) atoms. The first kappa shape index (κ1) is 36.4. The van der Waals surface area contributed by atoms with E-state index in [0.717, 1.165) is 17.1 Å². The summed E-state index contributed by atoms with van der Waals surface area (Å²) in [6, 6.07) is 86.3. The lowest BCUT2D eigenvalue weighted by atomic mass is 9.34. The van der Waals surface area contributed by atoms with Gasteiger partial charge in [-0.05, 0) is 132 Å². The zero-order valence-electron chi connectivity index (χ0n) is 36.9. The predicted octanol–water partition coefficient (Wildman–Crippen LogP) is 14.6.